The maximum absolute atomic E-state index is 10.3. The topological polar surface area (TPSA) is 52.4 Å². The highest BCUT2D eigenvalue weighted by Crippen LogP contribution is 2.25. The fourth-order valence-corrected chi connectivity index (χ4v) is 1.76. The molecule has 13 heavy (non-hydrogen) atoms. The number of hydrogen-bond acceptors (Lipinski definition) is 3. The monoisotopic (exact) mass is 189 g/mol. The van der Waals surface area contributed by atoms with Gasteiger partial charge in [-0.05, 0) is 25.7 Å². The predicted octanol–water partition coefficient (Wildman–Crippen LogP) is 2.80. The van der Waals surface area contributed by atoms with Crippen molar-refractivity contribution in [2.45, 2.75) is 52.6 Å². The Labute approximate surface area is 79.4 Å². The molecule has 0 radical (unpaired) electrons. The first kappa shape index (κ1) is 12.2. The molecule has 0 heterocycles. The molecule has 0 saturated heterocycles. The molecule has 0 saturated carbocycles. The van der Waals surface area contributed by atoms with Crippen LogP contribution in [-0.4, -0.2) is 10.7 Å². The van der Waals surface area contributed by atoms with Crippen molar-refractivity contribution < 1.29 is 9.92 Å². The van der Waals surface area contributed by atoms with Gasteiger partial charge in [-0.1, -0.05) is 27.2 Å². The fraction of sp³-hybridized carbons (Fsp3) is 1.00. The second kappa shape index (κ2) is 5.04. The highest BCUT2D eigenvalue weighted by atomic mass is 17.0. The van der Waals surface area contributed by atoms with Crippen molar-refractivity contribution in [1.29, 1.82) is 0 Å². The lowest BCUT2D eigenvalue weighted by Crippen LogP contribution is -2.32. The summed E-state index contributed by atoms with van der Waals surface area (Å²) in [5, 5.41) is 9.57. The lowest BCUT2D eigenvalue weighted by Gasteiger charge is -2.28. The van der Waals surface area contributed by atoms with Crippen LogP contribution in [0.15, 0.2) is 0 Å². The summed E-state index contributed by atoms with van der Waals surface area (Å²) in [5.41, 5.74) is -0.605. The van der Waals surface area contributed by atoms with Crippen molar-refractivity contribution in [3.05, 3.63) is 10.1 Å². The SMILES string of the molecule is CCCC(C)(CC(C)C)O[N+](=O)[O-]. The summed E-state index contributed by atoms with van der Waals surface area (Å²) in [6, 6.07) is 0. The molecule has 0 aliphatic carbocycles. The molecule has 4 nitrogen and oxygen atoms in total. The summed E-state index contributed by atoms with van der Waals surface area (Å²) in [4.78, 5) is 15.0. The third-order valence-corrected chi connectivity index (χ3v) is 1.91. The van der Waals surface area contributed by atoms with E-state index in [0.717, 1.165) is 19.3 Å². The Balaban J connectivity index is 4.23. The van der Waals surface area contributed by atoms with Crippen LogP contribution in [0.4, 0.5) is 0 Å². The standard InChI is InChI=1S/C9H19NO3/c1-5-6-9(4,7-8(2)3)13-10(11)12/h8H,5-7H2,1-4H3. The van der Waals surface area contributed by atoms with Crippen molar-refractivity contribution in [2.24, 2.45) is 5.92 Å². The maximum atomic E-state index is 10.3. The van der Waals surface area contributed by atoms with Gasteiger partial charge in [0.05, 0.1) is 0 Å². The van der Waals surface area contributed by atoms with Gasteiger partial charge in [0.15, 0.2) is 0 Å². The van der Waals surface area contributed by atoms with E-state index in [1.165, 1.54) is 0 Å². The first-order valence-corrected chi connectivity index (χ1v) is 4.73. The molecule has 4 heteroatoms. The minimum absolute atomic E-state index is 0.413. The van der Waals surface area contributed by atoms with E-state index >= 15 is 0 Å². The molecule has 78 valence electrons. The van der Waals surface area contributed by atoms with E-state index in [0.29, 0.717) is 5.92 Å². The van der Waals surface area contributed by atoms with E-state index in [2.05, 4.69) is 0 Å². The minimum atomic E-state index is -0.683. The molecular formula is C9H19NO3. The Bertz CT molecular complexity index is 170. The highest BCUT2D eigenvalue weighted by molar-refractivity contribution is 4.74. The zero-order chi connectivity index (χ0) is 10.5. The van der Waals surface area contributed by atoms with Gasteiger partial charge >= 0.3 is 0 Å². The zero-order valence-corrected chi connectivity index (χ0v) is 8.87. The summed E-state index contributed by atoms with van der Waals surface area (Å²) in [7, 11) is 0. The summed E-state index contributed by atoms with van der Waals surface area (Å²) >= 11 is 0. The van der Waals surface area contributed by atoms with E-state index in [-0.39, 0.29) is 0 Å². The molecule has 1 unspecified atom stereocenters. The van der Waals surface area contributed by atoms with Gasteiger partial charge in [-0.25, -0.2) is 0 Å². The van der Waals surface area contributed by atoms with Crippen LogP contribution < -0.4 is 0 Å². The predicted molar refractivity (Wildman–Crippen MR) is 50.8 cm³/mol. The minimum Gasteiger partial charge on any atom is -0.308 e. The maximum Gasteiger partial charge on any atom is 0.295 e. The Morgan fingerprint density at radius 1 is 1.54 bits per heavy atom. The van der Waals surface area contributed by atoms with Crippen LogP contribution in [0.2, 0.25) is 0 Å². The third kappa shape index (κ3) is 5.44. The quantitative estimate of drug-likeness (QED) is 0.477. The van der Waals surface area contributed by atoms with Crippen LogP contribution in [0.5, 0.6) is 0 Å². The average molecular weight is 189 g/mol. The van der Waals surface area contributed by atoms with Crippen molar-refractivity contribution in [3.8, 4) is 0 Å². The van der Waals surface area contributed by atoms with Gasteiger partial charge in [0.25, 0.3) is 5.09 Å². The van der Waals surface area contributed by atoms with Crippen molar-refractivity contribution in [1.82, 2.24) is 0 Å². The average Bonchev–Trinajstić information content (AvgIpc) is 1.81. The molecule has 0 N–H and O–H groups in total. The number of hydrogen-bond donors (Lipinski definition) is 0. The normalized spacial score (nSPS) is 15.5. The lowest BCUT2D eigenvalue weighted by molar-refractivity contribution is -0.781. The van der Waals surface area contributed by atoms with Gasteiger partial charge in [0, 0.05) is 0 Å². The molecule has 0 amide bonds. The summed E-state index contributed by atoms with van der Waals surface area (Å²) in [6.07, 6.45) is 2.35. The molecule has 0 aliphatic rings. The molecule has 0 fully saturated rings. The second-order valence-electron chi connectivity index (χ2n) is 4.11. The number of nitrogens with zero attached hydrogens (tertiary/aromatic N) is 1. The van der Waals surface area contributed by atoms with Gasteiger partial charge in [0.2, 0.25) is 0 Å². The molecule has 0 rings (SSSR count). The van der Waals surface area contributed by atoms with E-state index in [9.17, 15) is 10.1 Å². The van der Waals surface area contributed by atoms with E-state index in [1.54, 1.807) is 6.92 Å². The van der Waals surface area contributed by atoms with Gasteiger partial charge in [0.1, 0.15) is 5.60 Å². The van der Waals surface area contributed by atoms with Gasteiger partial charge in [-0.2, -0.15) is 0 Å². The molecule has 0 aliphatic heterocycles. The Morgan fingerprint density at radius 2 is 2.08 bits per heavy atom. The molecular weight excluding hydrogens is 170 g/mol. The van der Waals surface area contributed by atoms with Crippen molar-refractivity contribution in [2.75, 3.05) is 0 Å². The summed E-state index contributed by atoms with van der Waals surface area (Å²) in [5.74, 6) is 0.413. The van der Waals surface area contributed by atoms with Gasteiger partial charge in [-0.15, -0.1) is 10.1 Å². The first-order valence-electron chi connectivity index (χ1n) is 4.73. The van der Waals surface area contributed by atoms with E-state index in [4.69, 9.17) is 4.84 Å². The van der Waals surface area contributed by atoms with Crippen molar-refractivity contribution in [3.63, 3.8) is 0 Å². The molecule has 0 aromatic rings. The molecule has 0 aromatic carbocycles. The lowest BCUT2D eigenvalue weighted by atomic mass is 9.90. The Kier molecular flexibility index (Phi) is 4.73. The van der Waals surface area contributed by atoms with Crippen LogP contribution in [0.3, 0.4) is 0 Å². The van der Waals surface area contributed by atoms with Crippen LogP contribution in [-0.2, 0) is 4.84 Å². The highest BCUT2D eigenvalue weighted by Gasteiger charge is 2.28. The second-order valence-corrected chi connectivity index (χ2v) is 4.11. The summed E-state index contributed by atoms with van der Waals surface area (Å²) < 4.78 is 0. The number of rotatable bonds is 6. The van der Waals surface area contributed by atoms with E-state index in [1.807, 2.05) is 20.8 Å². The Hall–Kier alpha value is -0.800. The fourth-order valence-electron chi connectivity index (χ4n) is 1.76. The molecule has 0 aromatic heterocycles. The summed E-state index contributed by atoms with van der Waals surface area (Å²) in [6.45, 7) is 7.88. The third-order valence-electron chi connectivity index (χ3n) is 1.91. The molecule has 0 spiro atoms. The van der Waals surface area contributed by atoms with Gasteiger partial charge < -0.3 is 4.84 Å². The van der Waals surface area contributed by atoms with Crippen LogP contribution in [0.1, 0.15) is 47.0 Å². The largest absolute Gasteiger partial charge is 0.308 e. The Morgan fingerprint density at radius 3 is 2.38 bits per heavy atom. The van der Waals surface area contributed by atoms with Gasteiger partial charge in [-0.3, -0.25) is 0 Å². The van der Waals surface area contributed by atoms with Crippen LogP contribution >= 0.6 is 0 Å². The molecule has 1 atom stereocenters. The zero-order valence-electron chi connectivity index (χ0n) is 8.87. The first-order chi connectivity index (χ1) is 5.89. The molecule has 0 bridgehead atoms. The van der Waals surface area contributed by atoms with E-state index < -0.39 is 10.7 Å². The van der Waals surface area contributed by atoms with Crippen LogP contribution in [0, 0.1) is 16.0 Å². The van der Waals surface area contributed by atoms with Crippen molar-refractivity contribution >= 4 is 0 Å². The smallest absolute Gasteiger partial charge is 0.295 e. The van der Waals surface area contributed by atoms with Crippen LogP contribution in [0.25, 0.3) is 0 Å².